The third kappa shape index (κ3) is 6.24. The van der Waals surface area contributed by atoms with Gasteiger partial charge >= 0.3 is 11.9 Å². The fraction of sp³-hybridized carbons (Fsp3) is 0.391. The molecule has 2 unspecified atom stereocenters. The van der Waals surface area contributed by atoms with E-state index in [0.29, 0.717) is 30.4 Å². The fourth-order valence-electron chi connectivity index (χ4n) is 2.71. The van der Waals surface area contributed by atoms with E-state index < -0.39 is 0 Å². The van der Waals surface area contributed by atoms with E-state index in [0.717, 1.165) is 11.1 Å². The minimum absolute atomic E-state index is 0.297. The zero-order chi connectivity index (χ0) is 19.8. The Balaban J connectivity index is 1.95. The Morgan fingerprint density at radius 2 is 1.04 bits per heavy atom. The number of aryl methyl sites for hydroxylation is 2. The molecule has 0 aliphatic heterocycles. The van der Waals surface area contributed by atoms with Crippen LogP contribution in [-0.4, -0.2) is 24.1 Å². The number of carbonyl (C=O) groups excluding carboxylic acids is 2. The van der Waals surface area contributed by atoms with Gasteiger partial charge in [-0.2, -0.15) is 0 Å². The quantitative estimate of drug-likeness (QED) is 0.596. The summed E-state index contributed by atoms with van der Waals surface area (Å²) in [6, 6.07) is 14.6. The summed E-state index contributed by atoms with van der Waals surface area (Å²) in [5.74, 6) is -0.692. The van der Waals surface area contributed by atoms with Crippen molar-refractivity contribution in [2.45, 2.75) is 59.2 Å². The number of hydrogen-bond acceptors (Lipinski definition) is 4. The largest absolute Gasteiger partial charge is 0.459 e. The van der Waals surface area contributed by atoms with Gasteiger partial charge in [0.25, 0.3) is 0 Å². The number of benzene rings is 2. The molecular formula is C23H28O4. The zero-order valence-corrected chi connectivity index (χ0v) is 16.5. The summed E-state index contributed by atoms with van der Waals surface area (Å²) in [6.45, 7) is 7.86. The van der Waals surface area contributed by atoms with Crippen molar-refractivity contribution >= 4 is 11.9 Å². The van der Waals surface area contributed by atoms with E-state index in [9.17, 15) is 9.59 Å². The average molecular weight is 368 g/mol. The minimum atomic E-state index is -0.346. The van der Waals surface area contributed by atoms with E-state index in [4.69, 9.17) is 9.47 Å². The summed E-state index contributed by atoms with van der Waals surface area (Å²) < 4.78 is 11.3. The van der Waals surface area contributed by atoms with E-state index in [1.54, 1.807) is 24.3 Å². The second kappa shape index (κ2) is 9.91. The van der Waals surface area contributed by atoms with E-state index in [1.807, 2.05) is 52.0 Å². The molecule has 4 nitrogen and oxygen atoms in total. The van der Waals surface area contributed by atoms with Crippen molar-refractivity contribution < 1.29 is 19.1 Å². The van der Waals surface area contributed by atoms with Gasteiger partial charge in [0.1, 0.15) is 12.2 Å². The predicted octanol–water partition coefficient (Wildman–Crippen LogP) is 5.26. The fourth-order valence-corrected chi connectivity index (χ4v) is 2.71. The van der Waals surface area contributed by atoms with Crippen LogP contribution >= 0.6 is 0 Å². The number of esters is 2. The molecule has 0 saturated heterocycles. The molecule has 0 saturated carbocycles. The molecule has 2 atom stereocenters. The van der Waals surface area contributed by atoms with Crippen molar-refractivity contribution in [3.63, 3.8) is 0 Å². The van der Waals surface area contributed by atoms with Crippen molar-refractivity contribution in [3.05, 3.63) is 70.8 Å². The molecule has 0 amide bonds. The summed E-state index contributed by atoms with van der Waals surface area (Å²) in [7, 11) is 0. The van der Waals surface area contributed by atoms with E-state index in [1.165, 1.54) is 0 Å². The summed E-state index contributed by atoms with van der Waals surface area (Å²) in [5, 5.41) is 0. The van der Waals surface area contributed by atoms with Crippen LogP contribution in [0.25, 0.3) is 0 Å². The van der Waals surface area contributed by atoms with Crippen molar-refractivity contribution in [2.24, 2.45) is 0 Å². The monoisotopic (exact) mass is 368 g/mol. The molecule has 2 aromatic rings. The second-order valence-electron chi connectivity index (χ2n) is 6.84. The molecule has 0 bridgehead atoms. The van der Waals surface area contributed by atoms with Crippen LogP contribution in [0.3, 0.4) is 0 Å². The smallest absolute Gasteiger partial charge is 0.338 e. The maximum atomic E-state index is 12.3. The summed E-state index contributed by atoms with van der Waals surface area (Å²) in [4.78, 5) is 24.7. The molecule has 0 aliphatic carbocycles. The lowest BCUT2D eigenvalue weighted by atomic mass is 10.1. The lowest BCUT2D eigenvalue weighted by Gasteiger charge is -2.22. The first-order valence-corrected chi connectivity index (χ1v) is 9.48. The number of hydrogen-bond donors (Lipinski definition) is 0. The lowest BCUT2D eigenvalue weighted by molar-refractivity contribution is -0.00187. The minimum Gasteiger partial charge on any atom is -0.459 e. The maximum Gasteiger partial charge on any atom is 0.338 e. The first-order chi connectivity index (χ1) is 12.9. The molecule has 0 fully saturated rings. The first kappa shape index (κ1) is 20.7. The van der Waals surface area contributed by atoms with Crippen LogP contribution in [0.1, 0.15) is 65.0 Å². The molecule has 4 heteroatoms. The molecule has 0 heterocycles. The van der Waals surface area contributed by atoms with Crippen LogP contribution in [0.15, 0.2) is 48.5 Å². The Morgan fingerprint density at radius 1 is 0.704 bits per heavy atom. The van der Waals surface area contributed by atoms with Gasteiger partial charge in [-0.25, -0.2) is 9.59 Å². The van der Waals surface area contributed by atoms with E-state index >= 15 is 0 Å². The number of ether oxygens (including phenoxy) is 2. The number of rotatable bonds is 8. The lowest BCUT2D eigenvalue weighted by Crippen LogP contribution is -2.27. The van der Waals surface area contributed by atoms with E-state index in [2.05, 4.69) is 0 Å². The van der Waals surface area contributed by atoms with Crippen LogP contribution in [0, 0.1) is 13.8 Å². The van der Waals surface area contributed by atoms with E-state index in [-0.39, 0.29) is 24.1 Å². The van der Waals surface area contributed by atoms with Gasteiger partial charge in [0, 0.05) is 6.42 Å². The summed E-state index contributed by atoms with van der Waals surface area (Å²) in [6.07, 6.45) is 1.22. The highest BCUT2D eigenvalue weighted by Gasteiger charge is 2.22. The standard InChI is InChI=1S/C23H28O4/c1-5-20(26-22(24)18-11-7-16(3)8-12-18)15-21(6-2)27-23(25)19-13-9-17(4)10-14-19/h7-14,20-21H,5-6,15H2,1-4H3. The molecule has 2 aromatic carbocycles. The topological polar surface area (TPSA) is 52.6 Å². The third-order valence-corrected chi connectivity index (χ3v) is 4.56. The Kier molecular flexibility index (Phi) is 7.59. The van der Waals surface area contributed by atoms with Gasteiger partial charge in [0.2, 0.25) is 0 Å². The third-order valence-electron chi connectivity index (χ3n) is 4.56. The highest BCUT2D eigenvalue weighted by Crippen LogP contribution is 2.17. The SMILES string of the molecule is CCC(CC(CC)OC(=O)c1ccc(C)cc1)OC(=O)c1ccc(C)cc1. The van der Waals surface area contributed by atoms with Gasteiger partial charge in [-0.05, 0) is 51.0 Å². The van der Waals surface area contributed by atoms with Gasteiger partial charge in [0.15, 0.2) is 0 Å². The Labute approximate surface area is 161 Å². The zero-order valence-electron chi connectivity index (χ0n) is 16.5. The Morgan fingerprint density at radius 3 is 1.33 bits per heavy atom. The first-order valence-electron chi connectivity index (χ1n) is 9.48. The van der Waals surface area contributed by atoms with Crippen molar-refractivity contribution in [3.8, 4) is 0 Å². The van der Waals surface area contributed by atoms with Crippen LogP contribution < -0.4 is 0 Å². The van der Waals surface area contributed by atoms with Gasteiger partial charge in [-0.3, -0.25) is 0 Å². The van der Waals surface area contributed by atoms with Crippen molar-refractivity contribution in [1.82, 2.24) is 0 Å². The molecule has 0 aliphatic rings. The molecule has 0 spiro atoms. The second-order valence-corrected chi connectivity index (χ2v) is 6.84. The molecule has 0 N–H and O–H groups in total. The Hall–Kier alpha value is -2.62. The predicted molar refractivity (Wildman–Crippen MR) is 106 cm³/mol. The van der Waals surface area contributed by atoms with Gasteiger partial charge in [-0.15, -0.1) is 0 Å². The van der Waals surface area contributed by atoms with Crippen LogP contribution in [0.4, 0.5) is 0 Å². The highest BCUT2D eigenvalue weighted by atomic mass is 16.6. The van der Waals surface area contributed by atoms with Gasteiger partial charge < -0.3 is 9.47 Å². The molecule has 0 aromatic heterocycles. The highest BCUT2D eigenvalue weighted by molar-refractivity contribution is 5.90. The molecule has 0 radical (unpaired) electrons. The summed E-state index contributed by atoms with van der Waals surface area (Å²) >= 11 is 0. The van der Waals surface area contributed by atoms with Crippen LogP contribution in [-0.2, 0) is 9.47 Å². The normalized spacial score (nSPS) is 12.9. The summed E-state index contributed by atoms with van der Waals surface area (Å²) in [5.41, 5.74) is 3.24. The van der Waals surface area contributed by atoms with Crippen LogP contribution in [0.2, 0.25) is 0 Å². The molecular weight excluding hydrogens is 340 g/mol. The van der Waals surface area contributed by atoms with Crippen LogP contribution in [0.5, 0.6) is 0 Å². The van der Waals surface area contributed by atoms with Crippen molar-refractivity contribution in [1.29, 1.82) is 0 Å². The average Bonchev–Trinajstić information content (AvgIpc) is 2.67. The Bertz CT molecular complexity index is 681. The number of carbonyl (C=O) groups is 2. The molecule has 144 valence electrons. The molecule has 2 rings (SSSR count). The van der Waals surface area contributed by atoms with Crippen molar-refractivity contribution in [2.75, 3.05) is 0 Å². The maximum absolute atomic E-state index is 12.3. The van der Waals surface area contributed by atoms with Gasteiger partial charge in [-0.1, -0.05) is 49.2 Å². The van der Waals surface area contributed by atoms with Gasteiger partial charge in [0.05, 0.1) is 11.1 Å². The molecule has 27 heavy (non-hydrogen) atoms.